The summed E-state index contributed by atoms with van der Waals surface area (Å²) in [4.78, 5) is 0. The van der Waals surface area contributed by atoms with E-state index in [2.05, 4.69) is 6.58 Å². The minimum Gasteiger partial charge on any atom is -0.149 e. The van der Waals surface area contributed by atoms with Crippen LogP contribution in [0.25, 0.3) is 0 Å². The molecule has 1 heteroatoms. The van der Waals surface area contributed by atoms with Crippen molar-refractivity contribution in [3.05, 3.63) is 25.3 Å². The molecular formula is C6H9S+. The van der Waals surface area contributed by atoms with Gasteiger partial charge in [-0.1, -0.05) is 6.08 Å². The summed E-state index contributed by atoms with van der Waals surface area (Å²) in [5.74, 6) is 1.92. The van der Waals surface area contributed by atoms with Crippen molar-refractivity contribution < 1.29 is 0 Å². The molecule has 0 aromatic rings. The standard InChI is InChI=1S/C6H9S/c1-3-5-7-6-4-2/h1,3-4H,2,5-6H2/q+1. The van der Waals surface area contributed by atoms with Crippen LogP contribution in [0.3, 0.4) is 0 Å². The molecule has 0 radical (unpaired) electrons. The highest BCUT2D eigenvalue weighted by Gasteiger charge is 1.78. The van der Waals surface area contributed by atoms with Gasteiger partial charge in [-0.2, -0.15) is 0 Å². The molecule has 0 heterocycles. The quantitative estimate of drug-likeness (QED) is 0.305. The average molecular weight is 113 g/mol. The Bertz CT molecular complexity index is 49.2. The predicted molar refractivity (Wildman–Crippen MR) is 36.4 cm³/mol. The first kappa shape index (κ1) is 6.74. The first-order chi connectivity index (χ1) is 3.41. The van der Waals surface area contributed by atoms with Gasteiger partial charge in [-0.3, -0.25) is 0 Å². The molecule has 7 heavy (non-hydrogen) atoms. The second-order valence-corrected chi connectivity index (χ2v) is 2.14. The van der Waals surface area contributed by atoms with Crippen molar-refractivity contribution in [1.82, 2.24) is 0 Å². The second-order valence-electron chi connectivity index (χ2n) is 1.06. The molecule has 38 valence electrons. The summed E-state index contributed by atoms with van der Waals surface area (Å²) >= 11 is 1.75. The molecule has 0 nitrogen and oxygen atoms in total. The maximum absolute atomic E-state index is 5.09. The summed E-state index contributed by atoms with van der Waals surface area (Å²) in [5, 5.41) is 0. The first-order valence-electron chi connectivity index (χ1n) is 2.14. The van der Waals surface area contributed by atoms with Crippen LogP contribution in [0.4, 0.5) is 0 Å². The zero-order valence-electron chi connectivity index (χ0n) is 4.26. The van der Waals surface area contributed by atoms with Gasteiger partial charge in [0.15, 0.2) is 6.08 Å². The Hall–Kier alpha value is -0.260. The Kier molecular flexibility index (Phi) is 5.53. The Morgan fingerprint density at radius 2 is 2.29 bits per heavy atom. The molecule has 0 fully saturated rings. The van der Waals surface area contributed by atoms with Gasteiger partial charge < -0.3 is 0 Å². The zero-order chi connectivity index (χ0) is 5.54. The molecule has 0 N–H and O–H groups in total. The van der Waals surface area contributed by atoms with Crippen LogP contribution in [0.1, 0.15) is 0 Å². The molecule has 0 aromatic carbocycles. The Morgan fingerprint density at radius 1 is 1.57 bits per heavy atom. The van der Waals surface area contributed by atoms with E-state index in [4.69, 9.17) is 6.58 Å². The molecular weight excluding hydrogens is 104 g/mol. The lowest BCUT2D eigenvalue weighted by molar-refractivity contribution is 1.73. The number of thioether (sulfide) groups is 1. The van der Waals surface area contributed by atoms with E-state index in [0.717, 1.165) is 11.5 Å². The van der Waals surface area contributed by atoms with E-state index in [-0.39, 0.29) is 0 Å². The molecule has 0 amide bonds. The van der Waals surface area contributed by atoms with Crippen LogP contribution < -0.4 is 0 Å². The number of hydrogen-bond donors (Lipinski definition) is 0. The third kappa shape index (κ3) is 5.74. The van der Waals surface area contributed by atoms with Gasteiger partial charge in [0.25, 0.3) is 0 Å². The molecule has 0 saturated carbocycles. The summed E-state index contributed by atoms with van der Waals surface area (Å²) < 4.78 is 0. The van der Waals surface area contributed by atoms with Gasteiger partial charge in [0.2, 0.25) is 6.58 Å². The topological polar surface area (TPSA) is 0 Å². The van der Waals surface area contributed by atoms with Gasteiger partial charge in [-0.25, -0.2) is 0 Å². The lowest BCUT2D eigenvalue weighted by Crippen LogP contribution is -1.69. The monoisotopic (exact) mass is 113 g/mol. The van der Waals surface area contributed by atoms with Crippen molar-refractivity contribution in [3.8, 4) is 0 Å². The molecule has 0 spiro atoms. The normalized spacial score (nSPS) is 7.86. The lowest BCUT2D eigenvalue weighted by Gasteiger charge is -1.81. The van der Waals surface area contributed by atoms with E-state index in [0.29, 0.717) is 0 Å². The molecule has 0 bridgehead atoms. The van der Waals surface area contributed by atoms with E-state index in [9.17, 15) is 0 Å². The molecule has 0 aliphatic heterocycles. The maximum Gasteiger partial charge on any atom is 0.202 e. The smallest absolute Gasteiger partial charge is 0.149 e. The molecule has 0 unspecified atom stereocenters. The van der Waals surface area contributed by atoms with Crippen LogP contribution in [0.5, 0.6) is 0 Å². The van der Waals surface area contributed by atoms with Crippen LogP contribution in [-0.4, -0.2) is 11.5 Å². The summed E-state index contributed by atoms with van der Waals surface area (Å²) in [5.41, 5.74) is 0. The fourth-order valence-corrected chi connectivity index (χ4v) is 0.658. The van der Waals surface area contributed by atoms with Crippen molar-refractivity contribution in [2.45, 2.75) is 0 Å². The van der Waals surface area contributed by atoms with Gasteiger partial charge >= 0.3 is 0 Å². The molecule has 0 aliphatic rings. The molecule has 0 saturated heterocycles. The van der Waals surface area contributed by atoms with Crippen molar-refractivity contribution in [3.63, 3.8) is 0 Å². The van der Waals surface area contributed by atoms with E-state index in [1.165, 1.54) is 0 Å². The lowest BCUT2D eigenvalue weighted by atomic mass is 10.8. The maximum atomic E-state index is 5.09. The van der Waals surface area contributed by atoms with Crippen LogP contribution in [-0.2, 0) is 0 Å². The molecule has 0 aliphatic carbocycles. The van der Waals surface area contributed by atoms with E-state index < -0.39 is 0 Å². The van der Waals surface area contributed by atoms with Gasteiger partial charge in [0.1, 0.15) is 0 Å². The van der Waals surface area contributed by atoms with Crippen LogP contribution in [0.15, 0.2) is 18.7 Å². The van der Waals surface area contributed by atoms with Crippen molar-refractivity contribution >= 4 is 11.8 Å². The van der Waals surface area contributed by atoms with Crippen molar-refractivity contribution in [2.75, 3.05) is 11.5 Å². The highest BCUT2D eigenvalue weighted by Crippen LogP contribution is 1.97. The van der Waals surface area contributed by atoms with Crippen molar-refractivity contribution in [1.29, 1.82) is 0 Å². The second kappa shape index (κ2) is 5.74. The Labute approximate surface area is 49.3 Å². The minimum atomic E-state index is 0.923. The van der Waals surface area contributed by atoms with Crippen LogP contribution in [0.2, 0.25) is 0 Å². The summed E-state index contributed by atoms with van der Waals surface area (Å²) in [6.45, 7) is 8.65. The Balaban J connectivity index is 2.68. The largest absolute Gasteiger partial charge is 0.202 e. The van der Waals surface area contributed by atoms with Gasteiger partial charge in [-0.15, -0.1) is 18.3 Å². The zero-order valence-corrected chi connectivity index (χ0v) is 5.08. The fraction of sp³-hybridized carbons (Fsp3) is 0.333. The van der Waals surface area contributed by atoms with Gasteiger partial charge in [0.05, 0.1) is 5.75 Å². The highest BCUT2D eigenvalue weighted by molar-refractivity contribution is 7.99. The SMILES string of the molecule is [CH+]=CCSCC=C. The summed E-state index contributed by atoms with van der Waals surface area (Å²) in [7, 11) is 0. The van der Waals surface area contributed by atoms with Crippen LogP contribution >= 0.6 is 11.8 Å². The predicted octanol–water partition coefficient (Wildman–Crippen LogP) is 1.89. The van der Waals surface area contributed by atoms with Crippen LogP contribution in [0, 0.1) is 6.58 Å². The molecule has 0 aromatic heterocycles. The summed E-state index contributed by atoms with van der Waals surface area (Å²) in [6.07, 6.45) is 3.52. The fourth-order valence-electron chi connectivity index (χ4n) is 0.219. The van der Waals surface area contributed by atoms with Gasteiger partial charge in [-0.05, 0) is 0 Å². The molecule has 0 atom stereocenters. The number of rotatable bonds is 4. The minimum absolute atomic E-state index is 0.923. The van der Waals surface area contributed by atoms with Gasteiger partial charge in [0, 0.05) is 5.75 Å². The van der Waals surface area contributed by atoms with Crippen molar-refractivity contribution in [2.24, 2.45) is 0 Å². The third-order valence-corrected chi connectivity index (χ3v) is 1.35. The van der Waals surface area contributed by atoms with E-state index >= 15 is 0 Å². The number of hydrogen-bond acceptors (Lipinski definition) is 1. The highest BCUT2D eigenvalue weighted by atomic mass is 32.2. The molecule has 0 rings (SSSR count). The summed E-state index contributed by atoms with van der Waals surface area (Å²) in [6, 6.07) is 0. The first-order valence-corrected chi connectivity index (χ1v) is 3.29. The Morgan fingerprint density at radius 3 is 2.71 bits per heavy atom. The van der Waals surface area contributed by atoms with E-state index in [1.54, 1.807) is 17.8 Å². The average Bonchev–Trinajstić information content (AvgIpc) is 1.69. The third-order valence-electron chi connectivity index (χ3n) is 0.450. The van der Waals surface area contributed by atoms with E-state index in [1.807, 2.05) is 6.08 Å².